The maximum absolute atomic E-state index is 12.1. The van der Waals surface area contributed by atoms with E-state index in [-0.39, 0.29) is 11.3 Å². The highest BCUT2D eigenvalue weighted by molar-refractivity contribution is 9.10. The minimum Gasteiger partial charge on any atom is -0.481 e. The van der Waals surface area contributed by atoms with Gasteiger partial charge in [0.1, 0.15) is 0 Å². The van der Waals surface area contributed by atoms with Gasteiger partial charge in [0.05, 0.1) is 11.3 Å². The standard InChI is InChI=1S/C11H14BrNO4S/c1-11(2,7-10(14)15)13-18(16,17)9-5-3-4-8(12)6-9/h3-6,13H,7H2,1-2H3,(H,14,15). The van der Waals surface area contributed by atoms with E-state index in [2.05, 4.69) is 20.7 Å². The summed E-state index contributed by atoms with van der Waals surface area (Å²) >= 11 is 3.19. The number of hydrogen-bond acceptors (Lipinski definition) is 3. The first kappa shape index (κ1) is 15.1. The Morgan fingerprint density at radius 2 is 2.06 bits per heavy atom. The molecule has 1 aromatic carbocycles. The maximum atomic E-state index is 12.1. The molecule has 0 aromatic heterocycles. The predicted octanol–water partition coefficient (Wildman–Crippen LogP) is 1.98. The summed E-state index contributed by atoms with van der Waals surface area (Å²) < 4.78 is 27.1. The van der Waals surface area contributed by atoms with E-state index in [0.717, 1.165) is 0 Å². The quantitative estimate of drug-likeness (QED) is 0.861. The van der Waals surface area contributed by atoms with Crippen molar-refractivity contribution in [2.24, 2.45) is 0 Å². The van der Waals surface area contributed by atoms with Gasteiger partial charge in [-0.15, -0.1) is 0 Å². The molecule has 0 fully saturated rings. The highest BCUT2D eigenvalue weighted by atomic mass is 79.9. The SMILES string of the molecule is CC(C)(CC(=O)O)NS(=O)(=O)c1cccc(Br)c1. The van der Waals surface area contributed by atoms with Gasteiger partial charge >= 0.3 is 5.97 Å². The van der Waals surface area contributed by atoms with Crippen molar-refractivity contribution < 1.29 is 18.3 Å². The molecule has 100 valence electrons. The Kier molecular flexibility index (Phi) is 4.52. The first-order valence-electron chi connectivity index (χ1n) is 5.14. The summed E-state index contributed by atoms with van der Waals surface area (Å²) in [4.78, 5) is 10.7. The molecule has 0 saturated heterocycles. The van der Waals surface area contributed by atoms with Crippen molar-refractivity contribution in [1.29, 1.82) is 0 Å². The lowest BCUT2D eigenvalue weighted by Crippen LogP contribution is -2.44. The van der Waals surface area contributed by atoms with Crippen LogP contribution in [0.15, 0.2) is 33.6 Å². The zero-order valence-corrected chi connectivity index (χ0v) is 12.4. The van der Waals surface area contributed by atoms with Gasteiger partial charge in [-0.1, -0.05) is 22.0 Å². The Morgan fingerprint density at radius 3 is 2.56 bits per heavy atom. The summed E-state index contributed by atoms with van der Waals surface area (Å²) in [6.07, 6.45) is -0.291. The van der Waals surface area contributed by atoms with Crippen LogP contribution in [0.4, 0.5) is 0 Å². The van der Waals surface area contributed by atoms with E-state index in [9.17, 15) is 13.2 Å². The molecule has 0 bridgehead atoms. The Balaban J connectivity index is 2.99. The number of sulfonamides is 1. The fourth-order valence-electron chi connectivity index (χ4n) is 1.47. The van der Waals surface area contributed by atoms with Crippen LogP contribution in [0.25, 0.3) is 0 Å². The molecule has 0 heterocycles. The number of benzene rings is 1. The van der Waals surface area contributed by atoms with Crippen LogP contribution in [0.1, 0.15) is 20.3 Å². The summed E-state index contributed by atoms with van der Waals surface area (Å²) in [5.41, 5.74) is -1.05. The van der Waals surface area contributed by atoms with Gasteiger partial charge in [-0.2, -0.15) is 0 Å². The van der Waals surface area contributed by atoms with Crippen molar-refractivity contribution in [2.45, 2.75) is 30.7 Å². The molecule has 2 N–H and O–H groups in total. The minimum absolute atomic E-state index is 0.0929. The second kappa shape index (κ2) is 5.38. The number of rotatable bonds is 5. The van der Waals surface area contributed by atoms with Crippen molar-refractivity contribution in [3.8, 4) is 0 Å². The zero-order valence-electron chi connectivity index (χ0n) is 9.97. The number of nitrogens with one attached hydrogen (secondary N) is 1. The molecule has 1 rings (SSSR count). The van der Waals surface area contributed by atoms with Gasteiger partial charge < -0.3 is 5.11 Å². The first-order valence-corrected chi connectivity index (χ1v) is 7.41. The van der Waals surface area contributed by atoms with Crippen molar-refractivity contribution in [3.63, 3.8) is 0 Å². The smallest absolute Gasteiger partial charge is 0.305 e. The summed E-state index contributed by atoms with van der Waals surface area (Å²) in [6.45, 7) is 3.05. The van der Waals surface area contributed by atoms with E-state index in [1.807, 2.05) is 0 Å². The lowest BCUT2D eigenvalue weighted by Gasteiger charge is -2.23. The van der Waals surface area contributed by atoms with Gasteiger partial charge in [-0.25, -0.2) is 13.1 Å². The Morgan fingerprint density at radius 1 is 1.44 bits per heavy atom. The molecular formula is C11H14BrNO4S. The van der Waals surface area contributed by atoms with Crippen LogP contribution in [0.5, 0.6) is 0 Å². The van der Waals surface area contributed by atoms with Crippen LogP contribution in [0, 0.1) is 0 Å². The van der Waals surface area contributed by atoms with E-state index < -0.39 is 21.5 Å². The molecule has 5 nitrogen and oxygen atoms in total. The molecule has 0 saturated carbocycles. The molecule has 0 aliphatic heterocycles. The molecule has 0 unspecified atom stereocenters. The third-order valence-electron chi connectivity index (χ3n) is 2.11. The third kappa shape index (κ3) is 4.40. The average molecular weight is 336 g/mol. The molecule has 7 heteroatoms. The van der Waals surface area contributed by atoms with Crippen LogP contribution >= 0.6 is 15.9 Å². The number of hydrogen-bond donors (Lipinski definition) is 2. The molecule has 1 aromatic rings. The van der Waals surface area contributed by atoms with Crippen molar-refractivity contribution in [1.82, 2.24) is 4.72 Å². The zero-order chi connectivity index (χ0) is 14.0. The second-order valence-electron chi connectivity index (χ2n) is 4.52. The van der Waals surface area contributed by atoms with Crippen molar-refractivity contribution in [3.05, 3.63) is 28.7 Å². The molecule has 18 heavy (non-hydrogen) atoms. The van der Waals surface area contributed by atoms with Gasteiger partial charge in [-0.05, 0) is 32.0 Å². The lowest BCUT2D eigenvalue weighted by molar-refractivity contribution is -0.138. The van der Waals surface area contributed by atoms with Crippen LogP contribution in [-0.4, -0.2) is 25.0 Å². The summed E-state index contributed by atoms with van der Waals surface area (Å²) in [5, 5.41) is 8.72. The van der Waals surface area contributed by atoms with Crippen molar-refractivity contribution in [2.75, 3.05) is 0 Å². The molecule has 0 aliphatic carbocycles. The monoisotopic (exact) mass is 335 g/mol. The lowest BCUT2D eigenvalue weighted by atomic mass is 10.0. The van der Waals surface area contributed by atoms with Crippen molar-refractivity contribution >= 4 is 31.9 Å². The molecule has 0 atom stereocenters. The van der Waals surface area contributed by atoms with Gasteiger partial charge in [0.25, 0.3) is 0 Å². The molecule has 0 radical (unpaired) electrons. The Hall–Kier alpha value is -0.920. The average Bonchev–Trinajstić information content (AvgIpc) is 2.13. The normalized spacial score (nSPS) is 12.4. The van der Waals surface area contributed by atoms with E-state index in [4.69, 9.17) is 5.11 Å². The van der Waals surface area contributed by atoms with E-state index in [1.54, 1.807) is 12.1 Å². The highest BCUT2D eigenvalue weighted by Crippen LogP contribution is 2.19. The fourth-order valence-corrected chi connectivity index (χ4v) is 3.48. The van der Waals surface area contributed by atoms with Gasteiger partial charge in [0, 0.05) is 10.0 Å². The van der Waals surface area contributed by atoms with Gasteiger partial charge in [0.15, 0.2) is 0 Å². The van der Waals surface area contributed by atoms with E-state index >= 15 is 0 Å². The fraction of sp³-hybridized carbons (Fsp3) is 0.364. The van der Waals surface area contributed by atoms with E-state index in [0.29, 0.717) is 4.47 Å². The first-order chi connectivity index (χ1) is 8.12. The van der Waals surface area contributed by atoms with Crippen LogP contribution < -0.4 is 4.72 Å². The molecule has 0 amide bonds. The topological polar surface area (TPSA) is 83.5 Å². The van der Waals surface area contributed by atoms with Crippen LogP contribution in [-0.2, 0) is 14.8 Å². The summed E-state index contributed by atoms with van der Waals surface area (Å²) in [7, 11) is -3.73. The summed E-state index contributed by atoms with van der Waals surface area (Å²) in [5.74, 6) is -1.06. The van der Waals surface area contributed by atoms with Gasteiger partial charge in [0.2, 0.25) is 10.0 Å². The maximum Gasteiger partial charge on any atom is 0.305 e. The number of aliphatic carboxylic acids is 1. The molecule has 0 aliphatic rings. The largest absolute Gasteiger partial charge is 0.481 e. The van der Waals surface area contributed by atoms with Crippen LogP contribution in [0.2, 0.25) is 0 Å². The number of carboxylic acid groups (broad SMARTS) is 1. The third-order valence-corrected chi connectivity index (χ3v) is 4.30. The number of carboxylic acids is 1. The Bertz CT molecular complexity index is 554. The van der Waals surface area contributed by atoms with Gasteiger partial charge in [-0.3, -0.25) is 4.79 Å². The predicted molar refractivity (Wildman–Crippen MR) is 70.8 cm³/mol. The minimum atomic E-state index is -3.73. The Labute approximate surface area is 114 Å². The van der Waals surface area contributed by atoms with E-state index in [1.165, 1.54) is 26.0 Å². The second-order valence-corrected chi connectivity index (χ2v) is 7.12. The summed E-state index contributed by atoms with van der Waals surface area (Å²) in [6, 6.07) is 6.22. The van der Waals surface area contributed by atoms with Crippen LogP contribution in [0.3, 0.4) is 0 Å². The molecular weight excluding hydrogens is 322 g/mol. The highest BCUT2D eigenvalue weighted by Gasteiger charge is 2.28. The molecule has 0 spiro atoms. The number of carbonyl (C=O) groups is 1. The number of halogens is 1.